The molecule has 174 valence electrons. The number of benzene rings is 3. The number of anilines is 1. The van der Waals surface area contributed by atoms with Gasteiger partial charge in [0.05, 0.1) is 13.0 Å². The zero-order valence-electron chi connectivity index (χ0n) is 19.6. The van der Waals surface area contributed by atoms with Gasteiger partial charge in [0.2, 0.25) is 5.91 Å². The highest BCUT2D eigenvalue weighted by atomic mass is 16.2. The van der Waals surface area contributed by atoms with Crippen molar-refractivity contribution in [1.29, 1.82) is 0 Å². The first-order valence-electron chi connectivity index (χ1n) is 11.7. The highest BCUT2D eigenvalue weighted by Gasteiger charge is 2.20. The monoisotopic (exact) mass is 453 g/mol. The number of likely N-dealkylation sites (N-methyl/N-ethyl adjacent to an activating group) is 1. The van der Waals surface area contributed by atoms with Gasteiger partial charge in [-0.05, 0) is 41.9 Å². The number of hydrogen-bond donors (Lipinski definition) is 0. The van der Waals surface area contributed by atoms with Crippen LogP contribution in [0.3, 0.4) is 0 Å². The van der Waals surface area contributed by atoms with E-state index < -0.39 is 0 Å². The average molecular weight is 454 g/mol. The Balaban J connectivity index is 1.54. The Morgan fingerprint density at radius 2 is 1.47 bits per heavy atom. The fourth-order valence-corrected chi connectivity index (χ4v) is 4.06. The van der Waals surface area contributed by atoms with Gasteiger partial charge in [-0.15, -0.1) is 0 Å². The lowest BCUT2D eigenvalue weighted by molar-refractivity contribution is -0.132. The number of nitrogens with zero attached hydrogens (tertiary/aromatic N) is 3. The quantitative estimate of drug-likeness (QED) is 0.503. The Morgan fingerprint density at radius 1 is 0.824 bits per heavy atom. The molecular weight excluding hydrogens is 422 g/mol. The van der Waals surface area contributed by atoms with Gasteiger partial charge in [0.15, 0.2) is 0 Å². The summed E-state index contributed by atoms with van der Waals surface area (Å²) >= 11 is 0. The molecule has 2 amide bonds. The van der Waals surface area contributed by atoms with Gasteiger partial charge in [-0.1, -0.05) is 72.8 Å². The number of carbonyl (C=O) groups excluding carboxylic acids is 2. The van der Waals surface area contributed by atoms with Gasteiger partial charge in [0, 0.05) is 37.9 Å². The minimum atomic E-state index is -0.102. The zero-order chi connectivity index (χ0) is 23.8. The van der Waals surface area contributed by atoms with Gasteiger partial charge in [0.25, 0.3) is 5.91 Å². The lowest BCUT2D eigenvalue weighted by atomic mass is 10.1. The van der Waals surface area contributed by atoms with Crippen LogP contribution in [0.15, 0.2) is 91.0 Å². The maximum atomic E-state index is 13.3. The van der Waals surface area contributed by atoms with Crippen LogP contribution in [0.2, 0.25) is 0 Å². The normalized spacial score (nSPS) is 14.3. The van der Waals surface area contributed by atoms with E-state index >= 15 is 0 Å². The SMILES string of the molecule is CN1CCN(C(=O)Cc2cccc(N(Cc3ccccc3)C(=O)C=Cc3ccccc3)c2)CC1. The molecule has 34 heavy (non-hydrogen) atoms. The first-order valence-corrected chi connectivity index (χ1v) is 11.7. The molecule has 0 bridgehead atoms. The van der Waals surface area contributed by atoms with Crippen LogP contribution >= 0.6 is 0 Å². The highest BCUT2D eigenvalue weighted by molar-refractivity contribution is 6.03. The summed E-state index contributed by atoms with van der Waals surface area (Å²) in [6, 6.07) is 27.5. The maximum Gasteiger partial charge on any atom is 0.251 e. The second kappa shape index (κ2) is 11.4. The van der Waals surface area contributed by atoms with Crippen molar-refractivity contribution in [2.75, 3.05) is 38.1 Å². The Hall–Kier alpha value is -3.70. The van der Waals surface area contributed by atoms with Crippen LogP contribution in [0.5, 0.6) is 0 Å². The van der Waals surface area contributed by atoms with Crippen molar-refractivity contribution in [2.45, 2.75) is 13.0 Å². The first-order chi connectivity index (χ1) is 16.6. The van der Waals surface area contributed by atoms with E-state index in [0.29, 0.717) is 13.0 Å². The van der Waals surface area contributed by atoms with E-state index in [1.807, 2.05) is 95.9 Å². The van der Waals surface area contributed by atoms with E-state index in [9.17, 15) is 9.59 Å². The minimum Gasteiger partial charge on any atom is -0.340 e. The molecule has 1 saturated heterocycles. The van der Waals surface area contributed by atoms with Crippen molar-refractivity contribution < 1.29 is 9.59 Å². The summed E-state index contributed by atoms with van der Waals surface area (Å²) < 4.78 is 0. The molecule has 0 saturated carbocycles. The van der Waals surface area contributed by atoms with E-state index in [0.717, 1.165) is 48.6 Å². The molecule has 0 unspecified atom stereocenters. The maximum absolute atomic E-state index is 13.3. The van der Waals surface area contributed by atoms with E-state index in [2.05, 4.69) is 11.9 Å². The first kappa shape index (κ1) is 23.5. The molecule has 0 N–H and O–H groups in total. The standard InChI is InChI=1S/C29H31N3O2/c1-30-17-19-31(20-18-30)29(34)22-26-13-8-14-27(21-26)32(23-25-11-6-3-7-12-25)28(33)16-15-24-9-4-2-5-10-24/h2-16,21H,17-20,22-23H2,1H3. The Labute approximate surface area is 201 Å². The lowest BCUT2D eigenvalue weighted by Gasteiger charge is -2.32. The van der Waals surface area contributed by atoms with Crippen molar-refractivity contribution in [3.8, 4) is 0 Å². The minimum absolute atomic E-state index is 0.102. The zero-order valence-corrected chi connectivity index (χ0v) is 19.6. The van der Waals surface area contributed by atoms with E-state index in [1.165, 1.54) is 0 Å². The van der Waals surface area contributed by atoms with E-state index in [-0.39, 0.29) is 11.8 Å². The molecule has 5 heteroatoms. The predicted molar refractivity (Wildman–Crippen MR) is 137 cm³/mol. The fourth-order valence-electron chi connectivity index (χ4n) is 4.06. The summed E-state index contributed by atoms with van der Waals surface area (Å²) in [6.07, 6.45) is 3.78. The predicted octanol–water partition coefficient (Wildman–Crippen LogP) is 4.25. The van der Waals surface area contributed by atoms with Crippen molar-refractivity contribution in [1.82, 2.24) is 9.80 Å². The molecule has 0 aromatic heterocycles. The van der Waals surface area contributed by atoms with Crippen LogP contribution in [-0.2, 0) is 22.6 Å². The largest absolute Gasteiger partial charge is 0.340 e. The summed E-state index contributed by atoms with van der Waals surface area (Å²) in [5, 5.41) is 0. The van der Waals surface area contributed by atoms with Gasteiger partial charge >= 0.3 is 0 Å². The van der Waals surface area contributed by atoms with Gasteiger partial charge in [-0.25, -0.2) is 0 Å². The van der Waals surface area contributed by atoms with Crippen LogP contribution in [0.25, 0.3) is 6.08 Å². The summed E-state index contributed by atoms with van der Waals surface area (Å²) in [7, 11) is 2.08. The van der Waals surface area contributed by atoms with Crippen molar-refractivity contribution in [3.63, 3.8) is 0 Å². The Kier molecular flexibility index (Phi) is 7.89. The fraction of sp³-hybridized carbons (Fsp3) is 0.241. The van der Waals surface area contributed by atoms with Crippen molar-refractivity contribution in [2.24, 2.45) is 0 Å². The summed E-state index contributed by atoms with van der Waals surface area (Å²) in [4.78, 5) is 32.1. The van der Waals surface area contributed by atoms with Crippen molar-refractivity contribution >= 4 is 23.6 Å². The molecule has 5 nitrogen and oxygen atoms in total. The summed E-state index contributed by atoms with van der Waals surface area (Å²) in [5.41, 5.74) is 3.72. The third-order valence-corrected chi connectivity index (χ3v) is 6.10. The lowest BCUT2D eigenvalue weighted by Crippen LogP contribution is -2.47. The second-order valence-electron chi connectivity index (χ2n) is 8.68. The van der Waals surface area contributed by atoms with Gasteiger partial charge < -0.3 is 14.7 Å². The molecule has 0 spiro atoms. The average Bonchev–Trinajstić information content (AvgIpc) is 2.87. The van der Waals surface area contributed by atoms with Crippen LogP contribution in [0.1, 0.15) is 16.7 Å². The van der Waals surface area contributed by atoms with Gasteiger partial charge in [-0.2, -0.15) is 0 Å². The third-order valence-electron chi connectivity index (χ3n) is 6.10. The van der Waals surface area contributed by atoms with Crippen LogP contribution in [0, 0.1) is 0 Å². The number of carbonyl (C=O) groups is 2. The molecule has 1 heterocycles. The third kappa shape index (κ3) is 6.42. The molecular formula is C29H31N3O2. The molecule has 3 aromatic carbocycles. The smallest absolute Gasteiger partial charge is 0.251 e. The van der Waals surface area contributed by atoms with Crippen molar-refractivity contribution in [3.05, 3.63) is 108 Å². The van der Waals surface area contributed by atoms with Crippen LogP contribution in [-0.4, -0.2) is 54.8 Å². The topological polar surface area (TPSA) is 43.9 Å². The summed E-state index contributed by atoms with van der Waals surface area (Å²) in [5.74, 6) is 0.0328. The highest BCUT2D eigenvalue weighted by Crippen LogP contribution is 2.21. The van der Waals surface area contributed by atoms with Crippen LogP contribution in [0.4, 0.5) is 5.69 Å². The number of rotatable bonds is 7. The molecule has 3 aromatic rings. The molecule has 1 aliphatic heterocycles. The Morgan fingerprint density at radius 3 is 2.18 bits per heavy atom. The second-order valence-corrected chi connectivity index (χ2v) is 8.68. The van der Waals surface area contributed by atoms with Gasteiger partial charge in [-0.3, -0.25) is 9.59 Å². The number of hydrogen-bond acceptors (Lipinski definition) is 3. The van der Waals surface area contributed by atoms with E-state index in [1.54, 1.807) is 11.0 Å². The molecule has 0 radical (unpaired) electrons. The molecule has 0 atom stereocenters. The number of amides is 2. The Bertz CT molecular complexity index is 1120. The van der Waals surface area contributed by atoms with Crippen LogP contribution < -0.4 is 4.90 Å². The summed E-state index contributed by atoms with van der Waals surface area (Å²) in [6.45, 7) is 3.78. The van der Waals surface area contributed by atoms with E-state index in [4.69, 9.17) is 0 Å². The molecule has 4 rings (SSSR count). The molecule has 1 aliphatic rings. The molecule has 1 fully saturated rings. The number of piperazine rings is 1. The molecule has 0 aliphatic carbocycles. The van der Waals surface area contributed by atoms with Gasteiger partial charge in [0.1, 0.15) is 0 Å².